The molecule has 17 heteroatoms. The van der Waals surface area contributed by atoms with Crippen LogP contribution in [-0.2, 0) is 111 Å². The second-order valence-corrected chi connectivity index (χ2v) is 18.8. The first kappa shape index (κ1) is 62.8. The van der Waals surface area contributed by atoms with Crippen molar-refractivity contribution in [1.29, 1.82) is 0 Å². The number of ether oxygens (including phenoxy) is 6. The first-order valence-corrected chi connectivity index (χ1v) is 26.3. The summed E-state index contributed by atoms with van der Waals surface area (Å²) in [6.45, 7) is 2.42. The van der Waals surface area contributed by atoms with E-state index in [2.05, 4.69) is 0 Å². The fourth-order valence-electron chi connectivity index (χ4n) is 7.02. The van der Waals surface area contributed by atoms with E-state index in [-0.39, 0.29) is 76.9 Å². The van der Waals surface area contributed by atoms with Crippen LogP contribution in [0.3, 0.4) is 0 Å². The standard InChI is InChI=1S/C22H24O5S.C20H20O6.C20H20O5/c1-2-28-21(24)14-19(22(25)27-16-18-11-7-4-8-12-18)13-20(23)26-15-17-9-5-3-6-10-17;21-18(22)11-17(20(24)26-14-16-9-5-2-6-10-16)12-19(23)25-13-15-7-3-1-4-8-15;21-12-11-18(20(23)25-15-17-9-5-2-6-10-17)13-19(22)24-14-16-7-3-1-4-8-16/h3-12,19H,2,13-16H2,1H3;1-10,17H,11-14H2,(H,21,22);1-10,12,18H,11,13-15H2/t19-;17-;18-/m011/s1. The van der Waals surface area contributed by atoms with E-state index < -0.39 is 66.0 Å². The van der Waals surface area contributed by atoms with Crippen LogP contribution in [0.1, 0.15) is 78.8 Å². The Labute approximate surface area is 463 Å². The van der Waals surface area contributed by atoms with Crippen molar-refractivity contribution in [2.75, 3.05) is 5.75 Å². The highest BCUT2D eigenvalue weighted by Crippen LogP contribution is 2.20. The largest absolute Gasteiger partial charge is 0.481 e. The average molecular weight is 1100 g/mol. The lowest BCUT2D eigenvalue weighted by molar-refractivity contribution is -0.159. The lowest BCUT2D eigenvalue weighted by Crippen LogP contribution is -2.24. The molecule has 3 atom stereocenters. The smallest absolute Gasteiger partial charge is 0.310 e. The Morgan fingerprint density at radius 1 is 0.380 bits per heavy atom. The van der Waals surface area contributed by atoms with E-state index in [1.54, 1.807) is 36.4 Å². The number of aldehydes is 1. The zero-order chi connectivity index (χ0) is 56.9. The fourth-order valence-corrected chi connectivity index (χ4v) is 7.66. The topological polar surface area (TPSA) is 229 Å². The van der Waals surface area contributed by atoms with E-state index in [4.69, 9.17) is 33.5 Å². The summed E-state index contributed by atoms with van der Waals surface area (Å²) in [5.41, 5.74) is 4.98. The fraction of sp³-hybridized carbons (Fsp3) is 0.274. The van der Waals surface area contributed by atoms with Gasteiger partial charge in [0.15, 0.2) is 5.12 Å². The van der Waals surface area contributed by atoms with Gasteiger partial charge in [-0.05, 0) is 39.1 Å². The first-order valence-electron chi connectivity index (χ1n) is 25.3. The summed E-state index contributed by atoms with van der Waals surface area (Å²) in [7, 11) is 0. The number of hydrogen-bond donors (Lipinski definition) is 1. The van der Waals surface area contributed by atoms with Gasteiger partial charge in [-0.15, -0.1) is 0 Å². The number of thioether (sulfide) groups is 1. The van der Waals surface area contributed by atoms with Crippen molar-refractivity contribution >= 4 is 64.9 Å². The monoisotopic (exact) mass is 1100 g/mol. The number of carboxylic acid groups (broad SMARTS) is 1. The molecule has 16 nitrogen and oxygen atoms in total. The number of hydrogen-bond acceptors (Lipinski definition) is 16. The minimum atomic E-state index is -1.18. The van der Waals surface area contributed by atoms with Gasteiger partial charge in [0.1, 0.15) is 45.9 Å². The van der Waals surface area contributed by atoms with Crippen LogP contribution in [0.2, 0.25) is 0 Å². The van der Waals surface area contributed by atoms with Crippen molar-refractivity contribution in [3.63, 3.8) is 0 Å². The van der Waals surface area contributed by atoms with Gasteiger partial charge in [0, 0.05) is 12.8 Å². The summed E-state index contributed by atoms with van der Waals surface area (Å²) in [6, 6.07) is 55.1. The third kappa shape index (κ3) is 27.3. The Bertz CT molecular complexity index is 2780. The lowest BCUT2D eigenvalue weighted by atomic mass is 10.0. The summed E-state index contributed by atoms with van der Waals surface area (Å²) in [4.78, 5) is 107. The van der Waals surface area contributed by atoms with Crippen LogP contribution in [-0.4, -0.2) is 64.0 Å². The van der Waals surface area contributed by atoms with Gasteiger partial charge < -0.3 is 38.3 Å². The van der Waals surface area contributed by atoms with Gasteiger partial charge in [0.05, 0.1) is 43.4 Å². The molecule has 0 saturated heterocycles. The van der Waals surface area contributed by atoms with Crippen LogP contribution in [0.15, 0.2) is 182 Å². The molecule has 0 aliphatic heterocycles. The van der Waals surface area contributed by atoms with Crippen molar-refractivity contribution < 1.29 is 76.7 Å². The van der Waals surface area contributed by atoms with Gasteiger partial charge in [-0.25, -0.2) is 0 Å². The van der Waals surface area contributed by atoms with Crippen LogP contribution in [0.4, 0.5) is 0 Å². The van der Waals surface area contributed by atoms with E-state index >= 15 is 0 Å². The van der Waals surface area contributed by atoms with Crippen molar-refractivity contribution in [3.8, 4) is 0 Å². The summed E-state index contributed by atoms with van der Waals surface area (Å²) in [5.74, 6) is -6.90. The number of carbonyl (C=O) groups excluding carboxylic acids is 8. The Morgan fingerprint density at radius 3 is 0.899 bits per heavy atom. The molecule has 414 valence electrons. The molecule has 0 aromatic heterocycles. The molecule has 0 radical (unpaired) electrons. The summed E-state index contributed by atoms with van der Waals surface area (Å²) in [5, 5.41) is 8.84. The molecule has 6 aromatic carbocycles. The van der Waals surface area contributed by atoms with E-state index in [1.165, 1.54) is 0 Å². The molecule has 0 aliphatic rings. The molecule has 6 aromatic rings. The van der Waals surface area contributed by atoms with Gasteiger partial charge in [-0.1, -0.05) is 201 Å². The summed E-state index contributed by atoms with van der Waals surface area (Å²) in [6.07, 6.45) is -0.712. The molecule has 6 rings (SSSR count). The van der Waals surface area contributed by atoms with Crippen molar-refractivity contribution in [2.24, 2.45) is 17.8 Å². The molecule has 0 fully saturated rings. The molecule has 0 amide bonds. The molecular weight excluding hydrogens is 1030 g/mol. The second kappa shape index (κ2) is 37.1. The van der Waals surface area contributed by atoms with E-state index in [0.29, 0.717) is 12.0 Å². The van der Waals surface area contributed by atoms with Crippen molar-refractivity contribution in [2.45, 2.75) is 85.1 Å². The maximum atomic E-state index is 12.5. The number of aliphatic carboxylic acids is 1. The minimum Gasteiger partial charge on any atom is -0.481 e. The molecular formula is C62H64O16S. The van der Waals surface area contributed by atoms with E-state index in [0.717, 1.165) is 45.1 Å². The number of carbonyl (C=O) groups is 9. The maximum absolute atomic E-state index is 12.5. The lowest BCUT2D eigenvalue weighted by Gasteiger charge is -2.15. The third-order valence-electron chi connectivity index (χ3n) is 11.2. The molecule has 0 aliphatic carbocycles. The van der Waals surface area contributed by atoms with Gasteiger partial charge in [-0.2, -0.15) is 0 Å². The SMILES string of the molecule is CCSC(=O)C[C@H](CC(=O)OCc1ccccc1)C(=O)OCc1ccccc1.O=C(O)C[C@H](CC(=O)OCc1ccccc1)C(=O)OCc1ccccc1.O=CC[C@H](CC(=O)OCc1ccccc1)C(=O)OCc1ccccc1. The average Bonchev–Trinajstić information content (AvgIpc) is 3.47. The first-order chi connectivity index (χ1) is 38.3. The van der Waals surface area contributed by atoms with Gasteiger partial charge in [0.25, 0.3) is 0 Å². The highest BCUT2D eigenvalue weighted by Gasteiger charge is 2.29. The zero-order valence-electron chi connectivity index (χ0n) is 43.8. The van der Waals surface area contributed by atoms with Gasteiger partial charge in [0.2, 0.25) is 0 Å². The van der Waals surface area contributed by atoms with Crippen LogP contribution >= 0.6 is 11.8 Å². The number of rotatable bonds is 28. The quantitative estimate of drug-likeness (QED) is 0.0274. The van der Waals surface area contributed by atoms with Crippen LogP contribution in [0.25, 0.3) is 0 Å². The van der Waals surface area contributed by atoms with Gasteiger partial charge in [-0.3, -0.25) is 38.4 Å². The van der Waals surface area contributed by atoms with Gasteiger partial charge >= 0.3 is 41.8 Å². The van der Waals surface area contributed by atoms with Crippen molar-refractivity contribution in [3.05, 3.63) is 215 Å². The summed E-state index contributed by atoms with van der Waals surface area (Å²) >= 11 is 1.13. The highest BCUT2D eigenvalue weighted by molar-refractivity contribution is 8.13. The minimum absolute atomic E-state index is 0.0227. The normalized spacial score (nSPS) is 11.4. The zero-order valence-corrected chi connectivity index (χ0v) is 44.6. The molecule has 0 spiro atoms. The Balaban J connectivity index is 0.000000256. The Hall–Kier alpha value is -8.70. The third-order valence-corrected chi connectivity index (χ3v) is 11.9. The molecule has 0 saturated carbocycles. The molecule has 1 N–H and O–H groups in total. The van der Waals surface area contributed by atoms with Crippen LogP contribution < -0.4 is 0 Å². The van der Waals surface area contributed by atoms with E-state index in [9.17, 15) is 43.2 Å². The number of esters is 6. The van der Waals surface area contributed by atoms with Crippen LogP contribution in [0, 0.1) is 17.8 Å². The van der Waals surface area contributed by atoms with Crippen LogP contribution in [0.5, 0.6) is 0 Å². The molecule has 0 heterocycles. The summed E-state index contributed by atoms with van der Waals surface area (Å²) < 4.78 is 31.2. The predicted molar refractivity (Wildman–Crippen MR) is 292 cm³/mol. The van der Waals surface area contributed by atoms with E-state index in [1.807, 2.05) is 153 Å². The highest BCUT2D eigenvalue weighted by atomic mass is 32.2. The predicted octanol–water partition coefficient (Wildman–Crippen LogP) is 10.2. The maximum Gasteiger partial charge on any atom is 0.310 e. The molecule has 0 unspecified atom stereocenters. The second-order valence-electron chi connectivity index (χ2n) is 17.4. The van der Waals surface area contributed by atoms with Crippen molar-refractivity contribution in [1.82, 2.24) is 0 Å². The number of carboxylic acids is 1. The molecule has 0 bridgehead atoms. The Kier molecular flexibility index (Phi) is 29.5. The number of benzene rings is 6. The Morgan fingerprint density at radius 2 is 0.633 bits per heavy atom. The molecule has 79 heavy (non-hydrogen) atoms.